The van der Waals surface area contributed by atoms with E-state index in [9.17, 15) is 0 Å². The van der Waals surface area contributed by atoms with Crippen LogP contribution < -0.4 is 5.32 Å². The van der Waals surface area contributed by atoms with Gasteiger partial charge in [0.1, 0.15) is 5.82 Å². The third-order valence-electron chi connectivity index (χ3n) is 3.42. The summed E-state index contributed by atoms with van der Waals surface area (Å²) in [7, 11) is 0. The van der Waals surface area contributed by atoms with E-state index in [0.717, 1.165) is 36.8 Å². The molecule has 4 heteroatoms. The number of hydrogen-bond donors (Lipinski definition) is 1. The molecule has 0 saturated heterocycles. The van der Waals surface area contributed by atoms with Crippen molar-refractivity contribution in [2.75, 3.05) is 6.54 Å². The summed E-state index contributed by atoms with van der Waals surface area (Å²) in [5, 5.41) is 4.37. The van der Waals surface area contributed by atoms with E-state index < -0.39 is 0 Å². The van der Waals surface area contributed by atoms with Gasteiger partial charge in [-0.15, -0.1) is 0 Å². The minimum absolute atomic E-state index is 0.251. The summed E-state index contributed by atoms with van der Waals surface area (Å²) in [5.41, 5.74) is 1.22. The molecule has 1 aromatic carbocycles. The van der Waals surface area contributed by atoms with Crippen molar-refractivity contribution >= 4 is 11.6 Å². The first kappa shape index (κ1) is 15.1. The van der Waals surface area contributed by atoms with E-state index in [-0.39, 0.29) is 6.04 Å². The Bertz CT molecular complexity index is 536. The van der Waals surface area contributed by atoms with Gasteiger partial charge in [-0.25, -0.2) is 4.98 Å². The molecule has 1 unspecified atom stereocenters. The van der Waals surface area contributed by atoms with Crippen molar-refractivity contribution in [3.63, 3.8) is 0 Å². The van der Waals surface area contributed by atoms with Gasteiger partial charge in [0.15, 0.2) is 0 Å². The molecule has 0 aliphatic rings. The summed E-state index contributed by atoms with van der Waals surface area (Å²) in [6.07, 6.45) is 5.89. The molecule has 0 amide bonds. The topological polar surface area (TPSA) is 29.9 Å². The van der Waals surface area contributed by atoms with Gasteiger partial charge in [0.2, 0.25) is 0 Å². The molecule has 1 N–H and O–H groups in total. The van der Waals surface area contributed by atoms with Gasteiger partial charge in [-0.05, 0) is 37.6 Å². The largest absolute Gasteiger partial charge is 0.335 e. The van der Waals surface area contributed by atoms with Crippen molar-refractivity contribution < 1.29 is 0 Å². The van der Waals surface area contributed by atoms with Crippen LogP contribution in [-0.2, 0) is 13.0 Å². The highest BCUT2D eigenvalue weighted by Gasteiger charge is 2.14. The SMILES string of the molecule is CCCNC(Cc1nccn1CC)c1cccc(Cl)c1. The Kier molecular flexibility index (Phi) is 5.62. The van der Waals surface area contributed by atoms with Crippen molar-refractivity contribution in [3.05, 3.63) is 53.1 Å². The molecule has 2 rings (SSSR count). The van der Waals surface area contributed by atoms with Gasteiger partial charge in [0, 0.05) is 36.4 Å². The molecule has 1 aromatic heterocycles. The first-order chi connectivity index (χ1) is 9.74. The van der Waals surface area contributed by atoms with Crippen LogP contribution in [0.1, 0.15) is 37.7 Å². The average molecular weight is 292 g/mol. The molecular formula is C16H22ClN3. The minimum Gasteiger partial charge on any atom is -0.335 e. The minimum atomic E-state index is 0.251. The number of aryl methyl sites for hydroxylation is 1. The number of aromatic nitrogens is 2. The van der Waals surface area contributed by atoms with Gasteiger partial charge in [-0.1, -0.05) is 30.7 Å². The maximum atomic E-state index is 6.11. The van der Waals surface area contributed by atoms with E-state index in [2.05, 4.69) is 34.8 Å². The van der Waals surface area contributed by atoms with Crippen molar-refractivity contribution in [2.24, 2.45) is 0 Å². The monoisotopic (exact) mass is 291 g/mol. The molecule has 108 valence electrons. The Morgan fingerprint density at radius 3 is 2.90 bits per heavy atom. The molecule has 1 heterocycles. The Labute approximate surface area is 126 Å². The fourth-order valence-electron chi connectivity index (χ4n) is 2.35. The second-order valence-corrected chi connectivity index (χ2v) is 5.33. The smallest absolute Gasteiger partial charge is 0.110 e. The molecule has 1 atom stereocenters. The lowest BCUT2D eigenvalue weighted by Crippen LogP contribution is -2.25. The van der Waals surface area contributed by atoms with Gasteiger partial charge >= 0.3 is 0 Å². The van der Waals surface area contributed by atoms with Crippen LogP contribution >= 0.6 is 11.6 Å². The van der Waals surface area contributed by atoms with E-state index >= 15 is 0 Å². The third kappa shape index (κ3) is 3.84. The van der Waals surface area contributed by atoms with E-state index in [4.69, 9.17) is 11.6 Å². The van der Waals surface area contributed by atoms with Crippen LogP contribution in [0.4, 0.5) is 0 Å². The zero-order chi connectivity index (χ0) is 14.4. The maximum Gasteiger partial charge on any atom is 0.110 e. The standard InChI is InChI=1S/C16H22ClN3/c1-3-8-18-15(13-6-5-7-14(17)11-13)12-16-19-9-10-20(16)4-2/h5-7,9-11,15,18H,3-4,8,12H2,1-2H3. The summed E-state index contributed by atoms with van der Waals surface area (Å²) in [6, 6.07) is 8.33. The molecule has 0 spiro atoms. The van der Waals surface area contributed by atoms with Crippen LogP contribution in [-0.4, -0.2) is 16.1 Å². The zero-order valence-corrected chi connectivity index (χ0v) is 12.9. The molecule has 2 aromatic rings. The summed E-state index contributed by atoms with van der Waals surface area (Å²) >= 11 is 6.11. The Morgan fingerprint density at radius 1 is 1.35 bits per heavy atom. The highest BCUT2D eigenvalue weighted by Crippen LogP contribution is 2.21. The van der Waals surface area contributed by atoms with E-state index in [1.807, 2.05) is 30.6 Å². The molecular weight excluding hydrogens is 270 g/mol. The molecule has 0 radical (unpaired) electrons. The number of imidazole rings is 1. The molecule has 0 bridgehead atoms. The van der Waals surface area contributed by atoms with Gasteiger partial charge < -0.3 is 9.88 Å². The number of benzene rings is 1. The van der Waals surface area contributed by atoms with Crippen LogP contribution in [0.15, 0.2) is 36.7 Å². The highest BCUT2D eigenvalue weighted by atomic mass is 35.5. The molecule has 0 aliphatic heterocycles. The lowest BCUT2D eigenvalue weighted by molar-refractivity contribution is 0.506. The van der Waals surface area contributed by atoms with Crippen molar-refractivity contribution in [3.8, 4) is 0 Å². The van der Waals surface area contributed by atoms with Gasteiger partial charge in [0.05, 0.1) is 0 Å². The number of hydrogen-bond acceptors (Lipinski definition) is 2. The highest BCUT2D eigenvalue weighted by molar-refractivity contribution is 6.30. The van der Waals surface area contributed by atoms with Crippen molar-refractivity contribution in [1.82, 2.24) is 14.9 Å². The second kappa shape index (κ2) is 7.46. The van der Waals surface area contributed by atoms with Crippen LogP contribution in [0.5, 0.6) is 0 Å². The molecule has 20 heavy (non-hydrogen) atoms. The maximum absolute atomic E-state index is 6.11. The average Bonchev–Trinajstić information content (AvgIpc) is 2.90. The molecule has 3 nitrogen and oxygen atoms in total. The Hall–Kier alpha value is -1.32. The summed E-state index contributed by atoms with van der Waals surface area (Å²) in [5.74, 6) is 1.11. The fraction of sp³-hybridized carbons (Fsp3) is 0.438. The third-order valence-corrected chi connectivity index (χ3v) is 3.66. The van der Waals surface area contributed by atoms with Crippen LogP contribution in [0.25, 0.3) is 0 Å². The van der Waals surface area contributed by atoms with Crippen LogP contribution in [0.3, 0.4) is 0 Å². The van der Waals surface area contributed by atoms with E-state index in [1.165, 1.54) is 5.56 Å². The molecule has 0 fully saturated rings. The number of nitrogens with zero attached hydrogens (tertiary/aromatic N) is 2. The van der Waals surface area contributed by atoms with Crippen molar-refractivity contribution in [1.29, 1.82) is 0 Å². The molecule has 0 saturated carbocycles. The van der Waals surface area contributed by atoms with Gasteiger partial charge in [-0.2, -0.15) is 0 Å². The summed E-state index contributed by atoms with van der Waals surface area (Å²) in [6.45, 7) is 6.25. The first-order valence-corrected chi connectivity index (χ1v) is 7.61. The first-order valence-electron chi connectivity index (χ1n) is 7.23. The Balaban J connectivity index is 2.19. The Morgan fingerprint density at radius 2 is 2.20 bits per heavy atom. The summed E-state index contributed by atoms with van der Waals surface area (Å²) < 4.78 is 2.19. The van der Waals surface area contributed by atoms with Crippen molar-refractivity contribution in [2.45, 2.75) is 39.3 Å². The number of nitrogens with one attached hydrogen (secondary N) is 1. The number of halogens is 1. The lowest BCUT2D eigenvalue weighted by atomic mass is 10.0. The summed E-state index contributed by atoms with van der Waals surface area (Å²) in [4.78, 5) is 4.47. The predicted octanol–water partition coefficient (Wildman–Crippen LogP) is 3.84. The predicted molar refractivity (Wildman–Crippen MR) is 84.1 cm³/mol. The van der Waals surface area contributed by atoms with Gasteiger partial charge in [0.25, 0.3) is 0 Å². The lowest BCUT2D eigenvalue weighted by Gasteiger charge is -2.19. The zero-order valence-electron chi connectivity index (χ0n) is 12.1. The molecule has 0 aliphatic carbocycles. The quantitative estimate of drug-likeness (QED) is 0.840. The van der Waals surface area contributed by atoms with Gasteiger partial charge in [-0.3, -0.25) is 0 Å². The normalized spacial score (nSPS) is 12.6. The second-order valence-electron chi connectivity index (χ2n) is 4.90. The van der Waals surface area contributed by atoms with E-state index in [0.29, 0.717) is 0 Å². The van der Waals surface area contributed by atoms with Crippen LogP contribution in [0, 0.1) is 0 Å². The van der Waals surface area contributed by atoms with Crippen LogP contribution in [0.2, 0.25) is 5.02 Å². The number of rotatable bonds is 7. The fourth-order valence-corrected chi connectivity index (χ4v) is 2.55. The van der Waals surface area contributed by atoms with E-state index in [1.54, 1.807) is 0 Å².